The van der Waals surface area contributed by atoms with E-state index in [1.165, 1.54) is 14.0 Å². The highest BCUT2D eigenvalue weighted by Crippen LogP contribution is 2.40. The Kier molecular flexibility index (Phi) is 4.03. The predicted octanol–water partition coefficient (Wildman–Crippen LogP) is 0.876. The van der Waals surface area contributed by atoms with Gasteiger partial charge in [-0.2, -0.15) is 5.26 Å². The number of hydrogen-bond donors (Lipinski definition) is 0. The summed E-state index contributed by atoms with van der Waals surface area (Å²) in [6.07, 6.45) is 0. The molecular weight excluding hydrogens is 272 g/mol. The van der Waals surface area contributed by atoms with Crippen LogP contribution in [-0.2, 0) is 14.4 Å². The molecule has 6 heteroatoms. The highest BCUT2D eigenvalue weighted by atomic mass is 16.5. The molecule has 1 fully saturated rings. The van der Waals surface area contributed by atoms with Crippen LogP contribution >= 0.6 is 0 Å². The molecule has 2 atom stereocenters. The van der Waals surface area contributed by atoms with Crippen molar-refractivity contribution in [1.82, 2.24) is 4.90 Å². The quantitative estimate of drug-likeness (QED) is 0.466. The number of rotatable bonds is 4. The third-order valence-corrected chi connectivity index (χ3v) is 3.54. The van der Waals surface area contributed by atoms with E-state index in [4.69, 9.17) is 10.00 Å². The number of nitrogens with zero attached hydrogens (tertiary/aromatic N) is 2. The minimum Gasteiger partial charge on any atom is -0.496 e. The maximum absolute atomic E-state index is 12.1. The molecule has 1 heterocycles. The van der Waals surface area contributed by atoms with E-state index in [1.807, 2.05) is 6.07 Å². The van der Waals surface area contributed by atoms with Crippen LogP contribution in [0, 0.1) is 17.2 Å². The van der Waals surface area contributed by atoms with Crippen LogP contribution < -0.4 is 4.74 Å². The fourth-order valence-corrected chi connectivity index (χ4v) is 2.64. The Morgan fingerprint density at radius 3 is 2.62 bits per heavy atom. The molecule has 0 bridgehead atoms. The van der Waals surface area contributed by atoms with Gasteiger partial charge < -0.3 is 9.64 Å². The number of benzene rings is 1. The van der Waals surface area contributed by atoms with Crippen LogP contribution in [0.3, 0.4) is 0 Å². The van der Waals surface area contributed by atoms with E-state index in [0.717, 1.165) is 4.90 Å². The maximum atomic E-state index is 12.1. The van der Waals surface area contributed by atoms with Gasteiger partial charge in [0.05, 0.1) is 19.2 Å². The minimum atomic E-state index is -1.10. The van der Waals surface area contributed by atoms with E-state index in [9.17, 15) is 14.4 Å². The summed E-state index contributed by atoms with van der Waals surface area (Å²) in [5, 5.41) is 8.88. The molecule has 108 valence electrons. The van der Waals surface area contributed by atoms with Gasteiger partial charge in [-0.05, 0) is 13.0 Å². The van der Waals surface area contributed by atoms with Gasteiger partial charge in [0.25, 0.3) is 5.91 Å². The number of methoxy groups -OCH3 is 1. The average Bonchev–Trinajstić information content (AvgIpc) is 2.72. The highest BCUT2D eigenvalue weighted by Gasteiger charge is 2.50. The number of hydrogen-bond acceptors (Lipinski definition) is 5. The molecule has 1 amide bonds. The maximum Gasteiger partial charge on any atom is 0.292 e. The second kappa shape index (κ2) is 5.75. The van der Waals surface area contributed by atoms with E-state index in [-0.39, 0.29) is 6.54 Å². The lowest BCUT2D eigenvalue weighted by Gasteiger charge is -2.25. The Morgan fingerprint density at radius 1 is 1.38 bits per heavy atom. The highest BCUT2D eigenvalue weighted by molar-refractivity contribution is 6.42. The fraction of sp³-hybridized carbons (Fsp3) is 0.333. The molecule has 0 spiro atoms. The fourth-order valence-electron chi connectivity index (χ4n) is 2.64. The smallest absolute Gasteiger partial charge is 0.292 e. The first-order valence-electron chi connectivity index (χ1n) is 6.38. The van der Waals surface area contributed by atoms with Crippen molar-refractivity contribution in [2.24, 2.45) is 5.92 Å². The normalized spacial score (nSPS) is 21.3. The van der Waals surface area contributed by atoms with Gasteiger partial charge in [-0.1, -0.05) is 18.2 Å². The molecule has 21 heavy (non-hydrogen) atoms. The van der Waals surface area contributed by atoms with Crippen molar-refractivity contribution in [2.45, 2.75) is 13.0 Å². The average molecular weight is 286 g/mol. The third kappa shape index (κ3) is 2.38. The van der Waals surface area contributed by atoms with Gasteiger partial charge in [0, 0.05) is 5.56 Å². The van der Waals surface area contributed by atoms with Crippen LogP contribution in [0.25, 0.3) is 0 Å². The predicted molar refractivity (Wildman–Crippen MR) is 72.2 cm³/mol. The Bertz CT molecular complexity index is 647. The van der Waals surface area contributed by atoms with Gasteiger partial charge in [-0.25, -0.2) is 0 Å². The molecule has 0 saturated carbocycles. The topological polar surface area (TPSA) is 87.5 Å². The van der Waals surface area contributed by atoms with Crippen LogP contribution in [0.4, 0.5) is 0 Å². The molecule has 2 unspecified atom stereocenters. The summed E-state index contributed by atoms with van der Waals surface area (Å²) in [6.45, 7) is 1.02. The van der Waals surface area contributed by atoms with Gasteiger partial charge in [0.1, 0.15) is 24.0 Å². The second-order valence-electron chi connectivity index (χ2n) is 4.73. The standard InChI is InChI=1S/C15H14N2O4/c1-9(18)12-13(10-5-3-4-6-11(10)21-2)17(8-7-16)15(20)14(12)19/h3-6,12-13H,8H2,1-2H3. The van der Waals surface area contributed by atoms with Crippen LogP contribution in [0.2, 0.25) is 0 Å². The second-order valence-corrected chi connectivity index (χ2v) is 4.73. The third-order valence-electron chi connectivity index (χ3n) is 3.54. The zero-order valence-electron chi connectivity index (χ0n) is 11.7. The molecule has 6 nitrogen and oxygen atoms in total. The SMILES string of the molecule is COc1ccccc1C1C(C(C)=O)C(=O)C(=O)N1CC#N. The van der Waals surface area contributed by atoms with Crippen LogP contribution in [0.5, 0.6) is 5.75 Å². The number of nitriles is 1. The first kappa shape index (κ1) is 14.7. The van der Waals surface area contributed by atoms with Crippen LogP contribution in [-0.4, -0.2) is 36.0 Å². The number of ether oxygens (including phenoxy) is 1. The Hall–Kier alpha value is -2.68. The van der Waals surface area contributed by atoms with Gasteiger partial charge in [-0.3, -0.25) is 14.4 Å². The van der Waals surface area contributed by atoms with Gasteiger partial charge in [0.15, 0.2) is 0 Å². The first-order chi connectivity index (χ1) is 10.0. The van der Waals surface area contributed by atoms with E-state index < -0.39 is 29.4 Å². The molecule has 1 aliphatic heterocycles. The van der Waals surface area contributed by atoms with Crippen molar-refractivity contribution in [3.63, 3.8) is 0 Å². The van der Waals surface area contributed by atoms with Crippen molar-refractivity contribution in [3.05, 3.63) is 29.8 Å². The van der Waals surface area contributed by atoms with E-state index in [0.29, 0.717) is 11.3 Å². The van der Waals surface area contributed by atoms with Crippen molar-refractivity contribution in [3.8, 4) is 11.8 Å². The van der Waals surface area contributed by atoms with E-state index >= 15 is 0 Å². The first-order valence-corrected chi connectivity index (χ1v) is 6.38. The molecule has 0 N–H and O–H groups in total. The van der Waals surface area contributed by atoms with E-state index in [2.05, 4.69) is 0 Å². The van der Waals surface area contributed by atoms with Gasteiger partial charge >= 0.3 is 0 Å². The van der Waals surface area contributed by atoms with Crippen molar-refractivity contribution in [2.75, 3.05) is 13.7 Å². The lowest BCUT2D eigenvalue weighted by atomic mass is 9.89. The Balaban J connectivity index is 2.59. The summed E-state index contributed by atoms with van der Waals surface area (Å²) < 4.78 is 5.24. The summed E-state index contributed by atoms with van der Waals surface area (Å²) in [7, 11) is 1.47. The molecule has 1 aliphatic rings. The van der Waals surface area contributed by atoms with Crippen LogP contribution in [0.15, 0.2) is 24.3 Å². The van der Waals surface area contributed by atoms with Crippen molar-refractivity contribution in [1.29, 1.82) is 5.26 Å². The van der Waals surface area contributed by atoms with Crippen molar-refractivity contribution >= 4 is 17.5 Å². The number of carbonyl (C=O) groups is 3. The molecular formula is C15H14N2O4. The number of ketones is 2. The summed E-state index contributed by atoms with van der Waals surface area (Å²) in [5.74, 6) is -2.59. The largest absolute Gasteiger partial charge is 0.496 e. The van der Waals surface area contributed by atoms with Crippen molar-refractivity contribution < 1.29 is 19.1 Å². The molecule has 1 aromatic carbocycles. The van der Waals surface area contributed by atoms with E-state index in [1.54, 1.807) is 24.3 Å². The summed E-state index contributed by atoms with van der Waals surface area (Å²) >= 11 is 0. The molecule has 1 aromatic rings. The monoisotopic (exact) mass is 286 g/mol. The Labute approximate surface area is 121 Å². The summed E-state index contributed by atoms with van der Waals surface area (Å²) in [4.78, 5) is 37.0. The number of carbonyl (C=O) groups excluding carboxylic acids is 3. The molecule has 0 radical (unpaired) electrons. The van der Waals surface area contributed by atoms with Gasteiger partial charge in [0.2, 0.25) is 5.78 Å². The number of Topliss-reactive ketones (excluding diaryl/α,β-unsaturated/α-hetero) is 2. The summed E-state index contributed by atoms with van der Waals surface area (Å²) in [6, 6.07) is 7.92. The number of likely N-dealkylation sites (tertiary alicyclic amines) is 1. The summed E-state index contributed by atoms with van der Waals surface area (Å²) in [5.41, 5.74) is 0.551. The van der Waals surface area contributed by atoms with Crippen LogP contribution in [0.1, 0.15) is 18.5 Å². The van der Waals surface area contributed by atoms with Gasteiger partial charge in [-0.15, -0.1) is 0 Å². The lowest BCUT2D eigenvalue weighted by molar-refractivity contribution is -0.141. The molecule has 1 saturated heterocycles. The minimum absolute atomic E-state index is 0.253. The Morgan fingerprint density at radius 2 is 2.05 bits per heavy atom. The number of amides is 1. The zero-order chi connectivity index (χ0) is 15.6. The molecule has 0 aromatic heterocycles. The number of para-hydroxylation sites is 1. The zero-order valence-corrected chi connectivity index (χ0v) is 11.7. The molecule has 0 aliphatic carbocycles. The lowest BCUT2D eigenvalue weighted by Crippen LogP contribution is -2.31. The molecule has 2 rings (SSSR count).